The van der Waals surface area contributed by atoms with E-state index in [4.69, 9.17) is 0 Å². The number of nitrogens with zero attached hydrogens (tertiary/aromatic N) is 4. The van der Waals surface area contributed by atoms with Gasteiger partial charge in [-0.3, -0.25) is 18.8 Å². The van der Waals surface area contributed by atoms with Gasteiger partial charge in [0, 0.05) is 26.7 Å². The number of aromatic nitrogens is 2. The minimum Gasteiger partial charge on any atom is -0.369 e. The Morgan fingerprint density at radius 2 is 1.86 bits per heavy atom. The van der Waals surface area contributed by atoms with Crippen LogP contribution in [0.2, 0.25) is 0 Å². The first-order chi connectivity index (χ1) is 10.5. The fourth-order valence-electron chi connectivity index (χ4n) is 3.00. The first-order valence-electron chi connectivity index (χ1n) is 7.69. The molecule has 7 nitrogen and oxygen atoms in total. The van der Waals surface area contributed by atoms with Gasteiger partial charge in [-0.05, 0) is 32.4 Å². The summed E-state index contributed by atoms with van der Waals surface area (Å²) in [6.45, 7) is 4.91. The van der Waals surface area contributed by atoms with Crippen LogP contribution in [0.5, 0.6) is 0 Å². The van der Waals surface area contributed by atoms with Crippen LogP contribution in [0.3, 0.4) is 0 Å². The monoisotopic (exact) mass is 305 g/mol. The summed E-state index contributed by atoms with van der Waals surface area (Å²) in [6, 6.07) is 2.26. The number of rotatable bonds is 5. The Kier molecular flexibility index (Phi) is 5.03. The highest BCUT2D eigenvalue weighted by molar-refractivity contribution is 5.51. The van der Waals surface area contributed by atoms with Crippen LogP contribution < -0.4 is 16.6 Å². The maximum absolute atomic E-state index is 12.0. The summed E-state index contributed by atoms with van der Waals surface area (Å²) in [4.78, 5) is 26.5. The van der Waals surface area contributed by atoms with Gasteiger partial charge >= 0.3 is 5.69 Å². The molecule has 1 aliphatic heterocycles. The van der Waals surface area contributed by atoms with Crippen LogP contribution in [0.1, 0.15) is 31.7 Å². The summed E-state index contributed by atoms with van der Waals surface area (Å²) in [5.41, 5.74) is -0.996. The van der Waals surface area contributed by atoms with Crippen LogP contribution in [0, 0.1) is 11.3 Å². The van der Waals surface area contributed by atoms with E-state index in [1.54, 1.807) is 7.05 Å². The van der Waals surface area contributed by atoms with Crippen molar-refractivity contribution in [2.75, 3.05) is 25.0 Å². The topological polar surface area (TPSA) is 83.1 Å². The molecule has 22 heavy (non-hydrogen) atoms. The molecule has 7 heteroatoms. The Labute approximate surface area is 129 Å². The standard InChI is InChI=1S/C15H23N5O2/c1-4-11(20-7-5-6-8-20)10-17-13-12(9-16)14(21)19(3)15(22)18(13)2/h11,17H,4-8,10H2,1-3H3/t11-/m0/s1. The van der Waals surface area contributed by atoms with Crippen molar-refractivity contribution < 1.29 is 0 Å². The van der Waals surface area contributed by atoms with E-state index in [1.165, 1.54) is 24.5 Å². The number of nitriles is 1. The van der Waals surface area contributed by atoms with Gasteiger partial charge in [-0.1, -0.05) is 6.92 Å². The minimum atomic E-state index is -0.553. The van der Waals surface area contributed by atoms with Crippen molar-refractivity contribution in [2.45, 2.75) is 32.2 Å². The van der Waals surface area contributed by atoms with Gasteiger partial charge < -0.3 is 5.32 Å². The quantitative estimate of drug-likeness (QED) is 0.842. The summed E-state index contributed by atoms with van der Waals surface area (Å²) < 4.78 is 2.29. The van der Waals surface area contributed by atoms with Crippen LogP contribution in [0.4, 0.5) is 5.82 Å². The average molecular weight is 305 g/mol. The van der Waals surface area contributed by atoms with E-state index in [0.717, 1.165) is 24.1 Å². The zero-order valence-electron chi connectivity index (χ0n) is 13.4. The van der Waals surface area contributed by atoms with E-state index in [0.29, 0.717) is 18.4 Å². The number of hydrogen-bond donors (Lipinski definition) is 1. The summed E-state index contributed by atoms with van der Waals surface area (Å²) in [5, 5.41) is 12.4. The summed E-state index contributed by atoms with van der Waals surface area (Å²) in [7, 11) is 2.95. The molecule has 1 N–H and O–H groups in total. The molecule has 2 rings (SSSR count). The van der Waals surface area contributed by atoms with Gasteiger partial charge in [0.05, 0.1) is 0 Å². The third-order valence-corrected chi connectivity index (χ3v) is 4.41. The van der Waals surface area contributed by atoms with Gasteiger partial charge in [0.25, 0.3) is 5.56 Å². The van der Waals surface area contributed by atoms with Gasteiger partial charge in [-0.2, -0.15) is 5.26 Å². The second-order valence-corrected chi connectivity index (χ2v) is 5.73. The number of nitrogens with one attached hydrogen (secondary N) is 1. The lowest BCUT2D eigenvalue weighted by atomic mass is 10.2. The maximum Gasteiger partial charge on any atom is 0.332 e. The first-order valence-corrected chi connectivity index (χ1v) is 7.69. The molecule has 2 heterocycles. The maximum atomic E-state index is 12.0. The molecule has 0 spiro atoms. The highest BCUT2D eigenvalue weighted by Crippen LogP contribution is 2.15. The second kappa shape index (κ2) is 6.79. The molecule has 0 radical (unpaired) electrons. The molecule has 0 bridgehead atoms. The van der Waals surface area contributed by atoms with Crippen LogP contribution in [-0.2, 0) is 14.1 Å². The van der Waals surface area contributed by atoms with E-state index < -0.39 is 11.2 Å². The molecule has 0 aliphatic carbocycles. The van der Waals surface area contributed by atoms with Gasteiger partial charge in [0.2, 0.25) is 0 Å². The van der Waals surface area contributed by atoms with E-state index in [1.807, 2.05) is 6.07 Å². The third-order valence-electron chi connectivity index (χ3n) is 4.41. The van der Waals surface area contributed by atoms with Gasteiger partial charge in [-0.25, -0.2) is 4.79 Å². The molecule has 0 amide bonds. The van der Waals surface area contributed by atoms with Crippen molar-refractivity contribution in [1.82, 2.24) is 14.0 Å². The molecule has 0 saturated carbocycles. The Bertz CT molecular complexity index is 692. The largest absolute Gasteiger partial charge is 0.369 e. The normalized spacial score (nSPS) is 16.5. The second-order valence-electron chi connectivity index (χ2n) is 5.73. The predicted octanol–water partition coefficient (Wildman–Crippen LogP) is 0.242. The molecule has 0 unspecified atom stereocenters. The van der Waals surface area contributed by atoms with Crippen molar-refractivity contribution in [3.8, 4) is 6.07 Å². The molecule has 1 aliphatic rings. The van der Waals surface area contributed by atoms with Crippen LogP contribution in [0.15, 0.2) is 9.59 Å². The molecule has 1 aromatic heterocycles. The fraction of sp³-hybridized carbons (Fsp3) is 0.667. The molecule has 0 aromatic carbocycles. The van der Waals surface area contributed by atoms with E-state index in [9.17, 15) is 14.9 Å². The van der Waals surface area contributed by atoms with Crippen molar-refractivity contribution >= 4 is 5.82 Å². The highest BCUT2D eigenvalue weighted by Gasteiger charge is 2.22. The van der Waals surface area contributed by atoms with Gasteiger partial charge in [-0.15, -0.1) is 0 Å². The molecular weight excluding hydrogens is 282 g/mol. The lowest BCUT2D eigenvalue weighted by Crippen LogP contribution is -2.42. The lowest BCUT2D eigenvalue weighted by molar-refractivity contribution is 0.246. The molecule has 120 valence electrons. The van der Waals surface area contributed by atoms with Crippen LogP contribution in [0.25, 0.3) is 0 Å². The van der Waals surface area contributed by atoms with Crippen molar-refractivity contribution in [3.63, 3.8) is 0 Å². The molecular formula is C15H23N5O2. The van der Waals surface area contributed by atoms with E-state index in [2.05, 4.69) is 17.1 Å². The summed E-state index contributed by atoms with van der Waals surface area (Å²) >= 11 is 0. The minimum absolute atomic E-state index is 0.0131. The lowest BCUT2D eigenvalue weighted by Gasteiger charge is -2.27. The third kappa shape index (κ3) is 2.92. The number of likely N-dealkylation sites (tertiary alicyclic amines) is 1. The summed E-state index contributed by atoms with van der Waals surface area (Å²) in [5.74, 6) is 0.313. The Morgan fingerprint density at radius 3 is 2.41 bits per heavy atom. The summed E-state index contributed by atoms with van der Waals surface area (Å²) in [6.07, 6.45) is 3.41. The Morgan fingerprint density at radius 1 is 1.23 bits per heavy atom. The number of anilines is 1. The van der Waals surface area contributed by atoms with Gasteiger partial charge in [0.1, 0.15) is 11.9 Å². The zero-order chi connectivity index (χ0) is 16.3. The Hall–Kier alpha value is -2.07. The van der Waals surface area contributed by atoms with Crippen molar-refractivity contribution in [2.24, 2.45) is 14.1 Å². The fourth-order valence-corrected chi connectivity index (χ4v) is 3.00. The zero-order valence-corrected chi connectivity index (χ0v) is 13.4. The smallest absolute Gasteiger partial charge is 0.332 e. The SMILES string of the molecule is CC[C@@H](CNc1c(C#N)c(=O)n(C)c(=O)n1C)N1CCCC1. The molecule has 1 aromatic rings. The van der Waals surface area contributed by atoms with E-state index >= 15 is 0 Å². The molecule has 1 atom stereocenters. The van der Waals surface area contributed by atoms with E-state index in [-0.39, 0.29) is 5.56 Å². The predicted molar refractivity (Wildman–Crippen MR) is 85.0 cm³/mol. The first kappa shape index (κ1) is 16.3. The van der Waals surface area contributed by atoms with Crippen LogP contribution in [-0.4, -0.2) is 39.7 Å². The molecule has 1 saturated heterocycles. The average Bonchev–Trinajstić information content (AvgIpc) is 3.05. The van der Waals surface area contributed by atoms with Crippen molar-refractivity contribution in [1.29, 1.82) is 5.26 Å². The number of hydrogen-bond acceptors (Lipinski definition) is 5. The van der Waals surface area contributed by atoms with Crippen LogP contribution >= 0.6 is 0 Å². The van der Waals surface area contributed by atoms with Gasteiger partial charge in [0.15, 0.2) is 5.56 Å². The van der Waals surface area contributed by atoms with Crippen molar-refractivity contribution in [3.05, 3.63) is 26.4 Å². The molecule has 1 fully saturated rings. The highest BCUT2D eigenvalue weighted by atomic mass is 16.2. The Balaban J connectivity index is 2.28.